The van der Waals surface area contributed by atoms with Crippen LogP contribution in [0, 0.1) is 18.2 Å². The Kier molecular flexibility index (Phi) is 10.1. The number of anilines is 1. The van der Waals surface area contributed by atoms with Crippen LogP contribution in [0.3, 0.4) is 0 Å². The first-order chi connectivity index (χ1) is 18.4. The molecule has 0 bridgehead atoms. The zero-order valence-electron chi connectivity index (χ0n) is 23.3. The molecule has 0 aromatic heterocycles. The molecular weight excluding hydrogens is 499 g/mol. The van der Waals surface area contributed by atoms with E-state index in [1.807, 2.05) is 31.8 Å². The lowest BCUT2D eigenvalue weighted by Crippen LogP contribution is -2.48. The highest BCUT2D eigenvalue weighted by molar-refractivity contribution is 6.04. The van der Waals surface area contributed by atoms with Gasteiger partial charge in [-0.2, -0.15) is 0 Å². The molecule has 0 atom stereocenters. The van der Waals surface area contributed by atoms with E-state index in [2.05, 4.69) is 15.6 Å². The molecule has 0 spiro atoms. The highest BCUT2D eigenvalue weighted by Gasteiger charge is 2.27. The van der Waals surface area contributed by atoms with Gasteiger partial charge in [0.15, 0.2) is 5.84 Å². The number of likely N-dealkylation sites (N-methyl/N-ethyl adjacent to an activating group) is 1. The number of nitrogens with two attached hydrogens (primary N) is 1. The highest BCUT2D eigenvalue weighted by Crippen LogP contribution is 2.26. The van der Waals surface area contributed by atoms with E-state index in [9.17, 15) is 14.0 Å². The van der Waals surface area contributed by atoms with E-state index in [-0.39, 0.29) is 42.4 Å². The number of rotatable bonds is 11. The predicted molar refractivity (Wildman–Crippen MR) is 152 cm³/mol. The highest BCUT2D eigenvalue weighted by atomic mass is 19.1. The summed E-state index contributed by atoms with van der Waals surface area (Å²) in [6.45, 7) is 9.42. The number of halogens is 1. The van der Waals surface area contributed by atoms with Gasteiger partial charge >= 0.3 is 0 Å². The van der Waals surface area contributed by atoms with E-state index in [1.165, 1.54) is 17.1 Å². The van der Waals surface area contributed by atoms with Crippen LogP contribution in [0.15, 0.2) is 41.4 Å². The fourth-order valence-corrected chi connectivity index (χ4v) is 4.34. The first-order valence-corrected chi connectivity index (χ1v) is 13.0. The summed E-state index contributed by atoms with van der Waals surface area (Å²) in [6.07, 6.45) is 0. The molecule has 11 heteroatoms. The lowest BCUT2D eigenvalue weighted by Gasteiger charge is -2.32. The number of aliphatic imine (C=N–C) groups is 1. The van der Waals surface area contributed by atoms with Gasteiger partial charge in [-0.1, -0.05) is 32.0 Å². The number of amidine groups is 2. The number of hydrogen-bond donors (Lipinski definition) is 4. The lowest BCUT2D eigenvalue weighted by molar-refractivity contribution is -0.145. The van der Waals surface area contributed by atoms with Crippen LogP contribution < -0.4 is 21.3 Å². The van der Waals surface area contributed by atoms with E-state index < -0.39 is 0 Å². The molecule has 0 fully saturated rings. The summed E-state index contributed by atoms with van der Waals surface area (Å²) in [5.41, 5.74) is 9.49. The van der Waals surface area contributed by atoms with Gasteiger partial charge in [-0.3, -0.25) is 20.0 Å². The van der Waals surface area contributed by atoms with Crippen LogP contribution in [-0.2, 0) is 22.7 Å². The summed E-state index contributed by atoms with van der Waals surface area (Å²) >= 11 is 0. The minimum absolute atomic E-state index is 0.00841. The molecule has 2 aromatic carbocycles. The van der Waals surface area contributed by atoms with Crippen LogP contribution in [0.2, 0.25) is 0 Å². The average Bonchev–Trinajstić information content (AvgIpc) is 3.28. The van der Waals surface area contributed by atoms with Crippen molar-refractivity contribution in [3.8, 4) is 0 Å². The van der Waals surface area contributed by atoms with Crippen LogP contribution in [0.25, 0.3) is 0 Å². The van der Waals surface area contributed by atoms with Gasteiger partial charge in [0.25, 0.3) is 5.91 Å². The van der Waals surface area contributed by atoms with E-state index >= 15 is 0 Å². The molecule has 10 nitrogen and oxygen atoms in total. The van der Waals surface area contributed by atoms with E-state index in [1.54, 1.807) is 37.1 Å². The Balaban J connectivity index is 1.80. The van der Waals surface area contributed by atoms with Gasteiger partial charge in [-0.15, -0.1) is 0 Å². The molecule has 1 heterocycles. The maximum absolute atomic E-state index is 13.7. The standard InChI is InChI=1S/C28H39FN8O2/c1-18(2)32-10-11-33-26(38)16-36(25-13-21(7-6-19(25)3)28(31)34-20(4)30)17-27(39)35(5)37-14-22-8-9-24(29)12-23(22)15-37/h6-9,12-13,18,32H,10-11,14-17H2,1-5H3,(H,33,38)(H3,30,31,34). The van der Waals surface area contributed by atoms with Gasteiger partial charge in [0.05, 0.1) is 18.9 Å². The van der Waals surface area contributed by atoms with Crippen molar-refractivity contribution in [3.63, 3.8) is 0 Å². The molecule has 0 radical (unpaired) electrons. The molecular formula is C28H39FN8O2. The minimum Gasteiger partial charge on any atom is -0.387 e. The number of benzene rings is 2. The number of fused-ring (bicyclic) bond motifs is 1. The maximum atomic E-state index is 13.7. The van der Waals surface area contributed by atoms with Gasteiger partial charge in [-0.25, -0.2) is 14.4 Å². The molecule has 2 amide bonds. The van der Waals surface area contributed by atoms with E-state index in [4.69, 9.17) is 11.1 Å². The SMILES string of the molecule is CC(N)=NC(=N)c1ccc(C)c(N(CC(=O)NCCNC(C)C)CC(=O)N(C)N2Cc3ccc(F)cc3C2)c1. The Bertz CT molecular complexity index is 1240. The summed E-state index contributed by atoms with van der Waals surface area (Å²) in [7, 11) is 1.68. The topological polar surface area (TPSA) is 130 Å². The molecule has 39 heavy (non-hydrogen) atoms. The van der Waals surface area contributed by atoms with Crippen LogP contribution in [0.4, 0.5) is 10.1 Å². The van der Waals surface area contributed by atoms with Crippen molar-refractivity contribution in [2.75, 3.05) is 38.1 Å². The zero-order chi connectivity index (χ0) is 28.7. The van der Waals surface area contributed by atoms with Gasteiger partial charge in [0.2, 0.25) is 5.91 Å². The Morgan fingerprint density at radius 3 is 2.54 bits per heavy atom. The lowest BCUT2D eigenvalue weighted by atomic mass is 10.1. The number of nitrogens with zero attached hydrogens (tertiary/aromatic N) is 4. The van der Waals surface area contributed by atoms with Crippen LogP contribution in [0.1, 0.15) is 43.0 Å². The van der Waals surface area contributed by atoms with Crippen molar-refractivity contribution < 1.29 is 14.0 Å². The second-order valence-electron chi connectivity index (χ2n) is 10.1. The molecule has 0 saturated carbocycles. The normalized spacial score (nSPS) is 13.4. The summed E-state index contributed by atoms with van der Waals surface area (Å²) in [5.74, 6) is -0.507. The van der Waals surface area contributed by atoms with Crippen LogP contribution >= 0.6 is 0 Å². The molecule has 3 rings (SSSR count). The van der Waals surface area contributed by atoms with Crippen molar-refractivity contribution in [1.82, 2.24) is 20.7 Å². The second kappa shape index (κ2) is 13.3. The quantitative estimate of drug-likeness (QED) is 0.197. The van der Waals surface area contributed by atoms with Crippen molar-refractivity contribution in [3.05, 3.63) is 64.5 Å². The fraction of sp³-hybridized carbons (Fsp3) is 0.429. The molecule has 0 saturated heterocycles. The van der Waals surface area contributed by atoms with E-state index in [0.29, 0.717) is 43.5 Å². The number of carbonyl (C=O) groups excluding carboxylic acids is 2. The second-order valence-corrected chi connectivity index (χ2v) is 10.1. The predicted octanol–water partition coefficient (Wildman–Crippen LogP) is 2.15. The number of nitrogens with one attached hydrogen (secondary N) is 3. The van der Waals surface area contributed by atoms with Gasteiger partial charge < -0.3 is 21.3 Å². The molecule has 0 aliphatic carbocycles. The van der Waals surface area contributed by atoms with Crippen molar-refractivity contribution >= 4 is 29.2 Å². The Hall–Kier alpha value is -3.83. The minimum atomic E-state index is -0.305. The number of aryl methyl sites for hydroxylation is 1. The van der Waals surface area contributed by atoms with Gasteiger partial charge in [-0.05, 0) is 48.7 Å². The third-order valence-electron chi connectivity index (χ3n) is 6.43. The average molecular weight is 539 g/mol. The zero-order valence-corrected chi connectivity index (χ0v) is 23.3. The number of amides is 2. The number of hydrogen-bond acceptors (Lipinski definition) is 6. The number of carbonyl (C=O) groups is 2. The van der Waals surface area contributed by atoms with Crippen molar-refractivity contribution in [2.45, 2.75) is 46.8 Å². The van der Waals surface area contributed by atoms with Crippen molar-refractivity contribution in [2.24, 2.45) is 10.7 Å². The Morgan fingerprint density at radius 1 is 1.13 bits per heavy atom. The van der Waals surface area contributed by atoms with Crippen molar-refractivity contribution in [1.29, 1.82) is 5.41 Å². The molecule has 2 aromatic rings. The molecule has 0 unspecified atom stereocenters. The summed E-state index contributed by atoms with van der Waals surface area (Å²) < 4.78 is 13.7. The fourth-order valence-electron chi connectivity index (χ4n) is 4.34. The molecule has 1 aliphatic rings. The van der Waals surface area contributed by atoms with E-state index in [0.717, 1.165) is 16.7 Å². The first kappa shape index (κ1) is 29.7. The first-order valence-electron chi connectivity index (χ1n) is 13.0. The largest absolute Gasteiger partial charge is 0.387 e. The van der Waals surface area contributed by atoms with Crippen LogP contribution in [-0.4, -0.2) is 72.8 Å². The van der Waals surface area contributed by atoms with Gasteiger partial charge in [0.1, 0.15) is 5.82 Å². The summed E-state index contributed by atoms with van der Waals surface area (Å²) in [6, 6.07) is 10.3. The maximum Gasteiger partial charge on any atom is 0.256 e. The number of hydrazine groups is 1. The summed E-state index contributed by atoms with van der Waals surface area (Å²) in [4.78, 5) is 32.1. The van der Waals surface area contributed by atoms with Gasteiger partial charge in [0, 0.05) is 50.5 Å². The summed E-state index contributed by atoms with van der Waals surface area (Å²) in [5, 5.41) is 17.8. The Morgan fingerprint density at radius 2 is 1.85 bits per heavy atom. The monoisotopic (exact) mass is 538 g/mol. The molecule has 5 N–H and O–H groups in total. The van der Waals surface area contributed by atoms with Crippen LogP contribution in [0.5, 0.6) is 0 Å². The third kappa shape index (κ3) is 8.33. The Labute approximate surface area is 229 Å². The molecule has 1 aliphatic heterocycles. The smallest absolute Gasteiger partial charge is 0.256 e. The molecule has 210 valence electrons. The third-order valence-corrected chi connectivity index (χ3v) is 6.43.